The maximum atomic E-state index is 12.4. The van der Waals surface area contributed by atoms with Crippen LogP contribution in [0.25, 0.3) is 0 Å². The van der Waals surface area contributed by atoms with E-state index in [1.165, 1.54) is 18.4 Å². The zero-order valence-corrected chi connectivity index (χ0v) is 15.4. The maximum absolute atomic E-state index is 12.4. The average Bonchev–Trinajstić information content (AvgIpc) is 2.50. The van der Waals surface area contributed by atoms with Gasteiger partial charge in [0.1, 0.15) is 0 Å². The fraction of sp³-hybridized carbons (Fsp3) is 0.562. The Hall–Kier alpha value is -1.60. The molecule has 0 aromatic heterocycles. The summed E-state index contributed by atoms with van der Waals surface area (Å²) in [4.78, 5) is 4.48. The Balaban J connectivity index is 2.78. The van der Waals surface area contributed by atoms with Gasteiger partial charge >= 0.3 is 0 Å². The van der Waals surface area contributed by atoms with Crippen LogP contribution in [-0.4, -0.2) is 46.4 Å². The van der Waals surface area contributed by atoms with E-state index in [0.717, 1.165) is 13.0 Å². The highest BCUT2D eigenvalue weighted by Gasteiger charge is 2.20. The molecule has 0 saturated heterocycles. The van der Waals surface area contributed by atoms with Crippen molar-refractivity contribution in [3.05, 3.63) is 29.8 Å². The molecule has 23 heavy (non-hydrogen) atoms. The average molecular weight is 340 g/mol. The molecule has 0 atom stereocenters. The molecule has 6 nitrogen and oxygen atoms in total. The molecule has 0 amide bonds. The molecule has 1 rings (SSSR count). The Morgan fingerprint density at radius 1 is 1.22 bits per heavy atom. The van der Waals surface area contributed by atoms with E-state index in [0.29, 0.717) is 28.9 Å². The van der Waals surface area contributed by atoms with Crippen molar-refractivity contribution in [2.75, 3.05) is 27.7 Å². The summed E-state index contributed by atoms with van der Waals surface area (Å²) in [6.07, 6.45) is 1.05. The minimum Gasteiger partial charge on any atom is -0.356 e. The quantitative estimate of drug-likeness (QED) is 0.585. The number of guanidine groups is 1. The van der Waals surface area contributed by atoms with Crippen molar-refractivity contribution in [2.24, 2.45) is 10.9 Å². The van der Waals surface area contributed by atoms with Gasteiger partial charge in [0.25, 0.3) is 0 Å². The summed E-state index contributed by atoms with van der Waals surface area (Å²) in [7, 11) is 1.31. The first-order valence-electron chi connectivity index (χ1n) is 7.74. The number of sulfonamides is 1. The molecule has 0 heterocycles. The van der Waals surface area contributed by atoms with Gasteiger partial charge in [0.2, 0.25) is 10.0 Å². The number of aliphatic imine (C=N–C) groups is 1. The second-order valence-corrected chi connectivity index (χ2v) is 8.05. The highest BCUT2D eigenvalue weighted by molar-refractivity contribution is 7.89. The van der Waals surface area contributed by atoms with Crippen LogP contribution in [0.5, 0.6) is 0 Å². The fourth-order valence-electron chi connectivity index (χ4n) is 1.98. The highest BCUT2D eigenvalue weighted by atomic mass is 32.2. The number of benzene rings is 1. The summed E-state index contributed by atoms with van der Waals surface area (Å²) in [5.74, 6) is 1.29. The first kappa shape index (κ1) is 19.4. The molecular formula is C16H28N4O2S. The van der Waals surface area contributed by atoms with Gasteiger partial charge in [-0.25, -0.2) is 12.7 Å². The van der Waals surface area contributed by atoms with Crippen LogP contribution < -0.4 is 10.6 Å². The molecule has 0 spiro atoms. The van der Waals surface area contributed by atoms with Crippen LogP contribution in [0, 0.1) is 5.92 Å². The van der Waals surface area contributed by atoms with E-state index in [-0.39, 0.29) is 0 Å². The second-order valence-electron chi connectivity index (χ2n) is 5.93. The zero-order valence-electron chi connectivity index (χ0n) is 14.6. The second kappa shape index (κ2) is 8.88. The number of hydrogen-bond donors (Lipinski definition) is 2. The smallest absolute Gasteiger partial charge is 0.242 e. The number of nitrogens with one attached hydrogen (secondary N) is 2. The van der Waals surface area contributed by atoms with E-state index < -0.39 is 10.0 Å². The van der Waals surface area contributed by atoms with Crippen molar-refractivity contribution in [3.63, 3.8) is 0 Å². The van der Waals surface area contributed by atoms with Crippen LogP contribution in [0.3, 0.4) is 0 Å². The minimum atomic E-state index is -3.46. The van der Waals surface area contributed by atoms with Crippen LogP contribution in [0.2, 0.25) is 0 Å². The molecule has 0 aliphatic rings. The molecular weight excluding hydrogens is 312 g/mol. The van der Waals surface area contributed by atoms with Crippen LogP contribution in [-0.2, 0) is 16.6 Å². The van der Waals surface area contributed by atoms with E-state index in [1.807, 2.05) is 12.1 Å². The normalized spacial score (nSPS) is 12.7. The predicted octanol–water partition coefficient (Wildman–Crippen LogP) is 1.65. The van der Waals surface area contributed by atoms with Crippen molar-refractivity contribution >= 4 is 16.0 Å². The fourth-order valence-corrected chi connectivity index (χ4v) is 3.09. The molecule has 1 aromatic carbocycles. The van der Waals surface area contributed by atoms with E-state index >= 15 is 0 Å². The van der Waals surface area contributed by atoms with Crippen molar-refractivity contribution in [2.45, 2.75) is 31.7 Å². The molecule has 130 valence electrons. The molecule has 0 aliphatic carbocycles. The molecule has 0 radical (unpaired) electrons. The topological polar surface area (TPSA) is 73.8 Å². The Morgan fingerprint density at radius 2 is 1.87 bits per heavy atom. The van der Waals surface area contributed by atoms with Gasteiger partial charge in [-0.05, 0) is 24.0 Å². The Morgan fingerprint density at radius 3 is 2.43 bits per heavy atom. The Labute approximate surface area is 140 Å². The molecule has 0 unspecified atom stereocenters. The van der Waals surface area contributed by atoms with E-state index in [9.17, 15) is 8.42 Å². The SMILES string of the molecule is CN=C(NCCC(C)C)NCc1ccccc1S(=O)(=O)N(C)C. The third kappa shape index (κ3) is 5.84. The van der Waals surface area contributed by atoms with Gasteiger partial charge < -0.3 is 10.6 Å². The van der Waals surface area contributed by atoms with Gasteiger partial charge in [-0.15, -0.1) is 0 Å². The standard InChI is InChI=1S/C16H28N4O2S/c1-13(2)10-11-18-16(17-3)19-12-14-8-6-7-9-15(14)23(21,22)20(4)5/h6-9,13H,10-12H2,1-5H3,(H2,17,18,19). The molecule has 2 N–H and O–H groups in total. The van der Waals surface area contributed by atoms with Gasteiger partial charge in [0.05, 0.1) is 4.90 Å². The maximum Gasteiger partial charge on any atom is 0.242 e. The third-order valence-electron chi connectivity index (χ3n) is 3.42. The van der Waals surface area contributed by atoms with Crippen LogP contribution in [0.1, 0.15) is 25.8 Å². The molecule has 0 fully saturated rings. The minimum absolute atomic E-state index is 0.315. The lowest BCUT2D eigenvalue weighted by molar-refractivity contribution is 0.519. The first-order valence-corrected chi connectivity index (χ1v) is 9.18. The van der Waals surface area contributed by atoms with Crippen molar-refractivity contribution < 1.29 is 8.42 Å². The Bertz CT molecular complexity index is 625. The van der Waals surface area contributed by atoms with E-state index in [1.54, 1.807) is 19.2 Å². The van der Waals surface area contributed by atoms with Crippen molar-refractivity contribution in [1.82, 2.24) is 14.9 Å². The summed E-state index contributed by atoms with van der Waals surface area (Å²) in [6, 6.07) is 7.00. The number of nitrogens with zero attached hydrogens (tertiary/aromatic N) is 2. The predicted molar refractivity (Wildman–Crippen MR) is 95.0 cm³/mol. The van der Waals surface area contributed by atoms with Gasteiger partial charge in [-0.2, -0.15) is 0 Å². The summed E-state index contributed by atoms with van der Waals surface area (Å²) in [5, 5.41) is 6.40. The van der Waals surface area contributed by atoms with Crippen molar-refractivity contribution in [1.29, 1.82) is 0 Å². The first-order chi connectivity index (χ1) is 10.8. The summed E-state index contributed by atoms with van der Waals surface area (Å²) < 4.78 is 26.0. The third-order valence-corrected chi connectivity index (χ3v) is 5.33. The lowest BCUT2D eigenvalue weighted by Gasteiger charge is -2.17. The lowest BCUT2D eigenvalue weighted by atomic mass is 10.1. The molecule has 0 bridgehead atoms. The van der Waals surface area contributed by atoms with E-state index in [4.69, 9.17) is 0 Å². The van der Waals surface area contributed by atoms with Gasteiger partial charge in [0.15, 0.2) is 5.96 Å². The summed E-state index contributed by atoms with van der Waals surface area (Å²) in [5.41, 5.74) is 0.716. The largest absolute Gasteiger partial charge is 0.356 e. The highest BCUT2D eigenvalue weighted by Crippen LogP contribution is 2.18. The molecule has 0 aliphatic heterocycles. The van der Waals surface area contributed by atoms with Gasteiger partial charge in [0, 0.05) is 34.2 Å². The molecule has 1 aromatic rings. The van der Waals surface area contributed by atoms with Gasteiger partial charge in [-0.3, -0.25) is 4.99 Å². The van der Waals surface area contributed by atoms with Gasteiger partial charge in [-0.1, -0.05) is 32.0 Å². The zero-order chi connectivity index (χ0) is 17.5. The number of hydrogen-bond acceptors (Lipinski definition) is 3. The molecule has 0 saturated carbocycles. The Kier molecular flexibility index (Phi) is 7.51. The van der Waals surface area contributed by atoms with E-state index in [2.05, 4.69) is 29.5 Å². The van der Waals surface area contributed by atoms with Crippen LogP contribution in [0.4, 0.5) is 0 Å². The monoisotopic (exact) mass is 340 g/mol. The van der Waals surface area contributed by atoms with Crippen LogP contribution in [0.15, 0.2) is 34.2 Å². The number of rotatable bonds is 7. The van der Waals surface area contributed by atoms with Crippen molar-refractivity contribution in [3.8, 4) is 0 Å². The summed E-state index contributed by atoms with van der Waals surface area (Å²) >= 11 is 0. The molecule has 7 heteroatoms. The lowest BCUT2D eigenvalue weighted by Crippen LogP contribution is -2.38. The van der Waals surface area contributed by atoms with Crippen LogP contribution >= 0.6 is 0 Å². The summed E-state index contributed by atoms with van der Waals surface area (Å²) in [6.45, 7) is 5.56.